The van der Waals surface area contributed by atoms with Gasteiger partial charge >= 0.3 is 6.18 Å². The van der Waals surface area contributed by atoms with Gasteiger partial charge in [0.25, 0.3) is 5.91 Å². The topological polar surface area (TPSA) is 89.1 Å². The van der Waals surface area contributed by atoms with Gasteiger partial charge in [-0.05, 0) is 42.8 Å². The first-order chi connectivity index (χ1) is 15.6. The number of nitrogens with zero attached hydrogens (tertiary/aromatic N) is 4. The molecule has 0 unspecified atom stereocenters. The first kappa shape index (κ1) is 22.8. The first-order valence-corrected chi connectivity index (χ1v) is 11.1. The molecule has 3 N–H and O–H groups in total. The molecule has 1 atom stereocenters. The molecular weight excluding hydrogens is 501 g/mol. The van der Waals surface area contributed by atoms with Crippen molar-refractivity contribution < 1.29 is 18.0 Å². The summed E-state index contributed by atoms with van der Waals surface area (Å²) in [6.45, 7) is 6.12. The summed E-state index contributed by atoms with van der Waals surface area (Å²) in [5.74, 6) is -0.107. The normalized spacial score (nSPS) is 16.0. The maximum absolute atomic E-state index is 13.4. The maximum Gasteiger partial charge on any atom is 0.416 e. The molecule has 3 heterocycles. The van der Waals surface area contributed by atoms with Crippen LogP contribution in [0, 0.1) is 0 Å². The first-order valence-electron chi connectivity index (χ1n) is 9.94. The van der Waals surface area contributed by atoms with E-state index in [0.717, 1.165) is 6.07 Å². The van der Waals surface area contributed by atoms with Gasteiger partial charge in [0.2, 0.25) is 0 Å². The second-order valence-corrected chi connectivity index (χ2v) is 8.19. The Labute approximate surface area is 196 Å². The van der Waals surface area contributed by atoms with Gasteiger partial charge in [0, 0.05) is 35.0 Å². The number of alkyl halides is 4. The lowest BCUT2D eigenvalue weighted by Crippen LogP contribution is -2.43. The van der Waals surface area contributed by atoms with E-state index in [9.17, 15) is 18.0 Å². The molecule has 1 aromatic carbocycles. The van der Waals surface area contributed by atoms with Crippen LogP contribution in [-0.2, 0) is 11.5 Å². The molecule has 0 fully saturated rings. The molecule has 11 heteroatoms. The number of halogens is 4. The summed E-state index contributed by atoms with van der Waals surface area (Å²) in [7, 11) is 0. The lowest BCUT2D eigenvalue weighted by molar-refractivity contribution is -0.138. The highest BCUT2D eigenvalue weighted by Crippen LogP contribution is 2.37. The summed E-state index contributed by atoms with van der Waals surface area (Å²) in [6, 6.07) is 6.95. The molecule has 4 rings (SSSR count). The van der Waals surface area contributed by atoms with Crippen LogP contribution < -0.4 is 16.0 Å². The number of anilines is 3. The largest absolute Gasteiger partial charge is 0.416 e. The van der Waals surface area contributed by atoms with Crippen molar-refractivity contribution in [3.05, 3.63) is 71.7 Å². The lowest BCUT2D eigenvalue weighted by Gasteiger charge is -2.33. The SMILES string of the molecule is C=C(Nc1cnn2c1C(=O)N(c1ccc(C(F)(F)F)c(CBr)c1)C[C@@H]2C)c1cccnc1N. The summed E-state index contributed by atoms with van der Waals surface area (Å²) in [5, 5.41) is 7.41. The molecule has 3 aromatic rings. The third-order valence-electron chi connectivity index (χ3n) is 5.41. The Bertz CT molecular complexity index is 1240. The van der Waals surface area contributed by atoms with Gasteiger partial charge in [-0.15, -0.1) is 0 Å². The summed E-state index contributed by atoms with van der Waals surface area (Å²) in [5.41, 5.74) is 7.31. The Morgan fingerprint density at radius 3 is 2.79 bits per heavy atom. The van der Waals surface area contributed by atoms with Crippen LogP contribution in [-0.4, -0.2) is 27.2 Å². The molecule has 1 aliphatic rings. The van der Waals surface area contributed by atoms with E-state index in [1.54, 1.807) is 23.0 Å². The summed E-state index contributed by atoms with van der Waals surface area (Å²) in [6.07, 6.45) is -1.41. The van der Waals surface area contributed by atoms with E-state index in [0.29, 0.717) is 22.6 Å². The van der Waals surface area contributed by atoms with Crippen LogP contribution in [0.25, 0.3) is 5.70 Å². The number of aromatic nitrogens is 3. The van der Waals surface area contributed by atoms with Gasteiger partial charge in [-0.2, -0.15) is 18.3 Å². The summed E-state index contributed by atoms with van der Waals surface area (Å²) in [4.78, 5) is 18.9. The van der Waals surface area contributed by atoms with Crippen molar-refractivity contribution in [2.24, 2.45) is 0 Å². The van der Waals surface area contributed by atoms with Gasteiger partial charge in [0.05, 0.1) is 23.5 Å². The number of fused-ring (bicyclic) bond motifs is 1. The van der Waals surface area contributed by atoms with Crippen molar-refractivity contribution in [2.45, 2.75) is 24.5 Å². The molecule has 33 heavy (non-hydrogen) atoms. The Balaban J connectivity index is 1.68. The number of hydrogen-bond donors (Lipinski definition) is 2. The zero-order valence-electron chi connectivity index (χ0n) is 17.5. The minimum Gasteiger partial charge on any atom is -0.383 e. The van der Waals surface area contributed by atoms with E-state index in [4.69, 9.17) is 5.73 Å². The maximum atomic E-state index is 13.4. The molecule has 1 aliphatic heterocycles. The summed E-state index contributed by atoms with van der Waals surface area (Å²) >= 11 is 3.12. The number of nitrogens with two attached hydrogens (primary N) is 1. The predicted molar refractivity (Wildman–Crippen MR) is 124 cm³/mol. The number of amides is 1. The van der Waals surface area contributed by atoms with Crippen LogP contribution in [0.1, 0.15) is 40.1 Å². The molecular formula is C22H20BrF3N6O. The highest BCUT2D eigenvalue weighted by Gasteiger charge is 2.36. The molecule has 0 saturated carbocycles. The minimum atomic E-state index is -4.48. The third-order valence-corrected chi connectivity index (χ3v) is 6.01. The van der Waals surface area contributed by atoms with Gasteiger partial charge in [-0.25, -0.2) is 4.98 Å². The van der Waals surface area contributed by atoms with Crippen molar-refractivity contribution in [1.82, 2.24) is 14.8 Å². The molecule has 172 valence electrons. The Morgan fingerprint density at radius 1 is 1.36 bits per heavy atom. The van der Waals surface area contributed by atoms with Crippen LogP contribution in [0.15, 0.2) is 49.3 Å². The molecule has 0 saturated heterocycles. The van der Waals surface area contributed by atoms with Crippen molar-refractivity contribution in [1.29, 1.82) is 0 Å². The zero-order chi connectivity index (χ0) is 23.9. The second-order valence-electron chi connectivity index (χ2n) is 7.63. The van der Waals surface area contributed by atoms with Crippen LogP contribution in [0.5, 0.6) is 0 Å². The average Bonchev–Trinajstić information content (AvgIpc) is 3.19. The predicted octanol–water partition coefficient (Wildman–Crippen LogP) is 5.08. The van der Waals surface area contributed by atoms with Crippen LogP contribution >= 0.6 is 15.9 Å². The number of benzene rings is 1. The Morgan fingerprint density at radius 2 is 2.12 bits per heavy atom. The zero-order valence-corrected chi connectivity index (χ0v) is 19.1. The molecule has 0 spiro atoms. The number of carbonyl (C=O) groups is 1. The fraction of sp³-hybridized carbons (Fsp3) is 0.227. The molecule has 2 aromatic heterocycles. The highest BCUT2D eigenvalue weighted by molar-refractivity contribution is 9.08. The molecule has 0 bridgehead atoms. The standard InChI is InChI=1S/C22H20BrF3N6O/c1-12-11-31(15-5-6-17(22(24,25)26)14(8-15)9-23)21(33)19-18(10-29-32(12)19)30-13(2)16-4-3-7-28-20(16)27/h3-8,10,12,30H,2,9,11H2,1H3,(H2,27,28)/t12-/m0/s1. The quantitative estimate of drug-likeness (QED) is 0.458. The summed E-state index contributed by atoms with van der Waals surface area (Å²) < 4.78 is 41.5. The van der Waals surface area contributed by atoms with Crippen LogP contribution in [0.2, 0.25) is 0 Å². The molecule has 7 nitrogen and oxygen atoms in total. The number of carbonyl (C=O) groups excluding carboxylic acids is 1. The van der Waals surface area contributed by atoms with E-state index in [1.807, 2.05) is 6.92 Å². The monoisotopic (exact) mass is 520 g/mol. The van der Waals surface area contributed by atoms with Crippen LogP contribution in [0.3, 0.4) is 0 Å². The van der Waals surface area contributed by atoms with E-state index in [2.05, 4.69) is 37.9 Å². The van der Waals surface area contributed by atoms with Gasteiger partial charge in [-0.3, -0.25) is 9.48 Å². The van der Waals surface area contributed by atoms with E-state index >= 15 is 0 Å². The number of nitrogens with one attached hydrogen (secondary N) is 1. The average molecular weight is 521 g/mol. The second kappa shape index (κ2) is 8.54. The fourth-order valence-electron chi connectivity index (χ4n) is 3.81. The number of rotatable bonds is 5. The lowest BCUT2D eigenvalue weighted by atomic mass is 10.1. The fourth-order valence-corrected chi connectivity index (χ4v) is 4.28. The minimum absolute atomic E-state index is 0.00433. The van der Waals surface area contributed by atoms with Crippen molar-refractivity contribution in [3.63, 3.8) is 0 Å². The molecule has 0 aliphatic carbocycles. The number of nitrogen functional groups attached to an aromatic ring is 1. The smallest absolute Gasteiger partial charge is 0.383 e. The number of pyridine rings is 1. The molecule has 0 radical (unpaired) electrons. The van der Waals surface area contributed by atoms with Gasteiger partial charge in [-0.1, -0.05) is 22.5 Å². The van der Waals surface area contributed by atoms with Gasteiger partial charge in [0.1, 0.15) is 5.82 Å². The third kappa shape index (κ3) is 4.20. The van der Waals surface area contributed by atoms with E-state index in [1.165, 1.54) is 23.2 Å². The van der Waals surface area contributed by atoms with E-state index in [-0.39, 0.29) is 40.9 Å². The number of hydrogen-bond acceptors (Lipinski definition) is 5. The Hall–Kier alpha value is -3.34. The highest BCUT2D eigenvalue weighted by atomic mass is 79.9. The van der Waals surface area contributed by atoms with E-state index < -0.39 is 11.7 Å². The van der Waals surface area contributed by atoms with Gasteiger partial charge < -0.3 is 16.0 Å². The molecule has 1 amide bonds. The Kier molecular flexibility index (Phi) is 5.91. The van der Waals surface area contributed by atoms with Crippen molar-refractivity contribution in [3.8, 4) is 0 Å². The van der Waals surface area contributed by atoms with Crippen molar-refractivity contribution >= 4 is 44.7 Å². The van der Waals surface area contributed by atoms with Crippen LogP contribution in [0.4, 0.5) is 30.4 Å². The van der Waals surface area contributed by atoms with Gasteiger partial charge in [0.15, 0.2) is 5.69 Å². The van der Waals surface area contributed by atoms with Crippen molar-refractivity contribution in [2.75, 3.05) is 22.5 Å².